The SMILES string of the molecule is CCOCCNC(=O)/C=C/c1ccc(N)cc1. The first kappa shape index (κ1) is 13.3. The van der Waals surface area contributed by atoms with E-state index in [4.69, 9.17) is 10.5 Å². The van der Waals surface area contributed by atoms with Crippen LogP contribution in [-0.2, 0) is 9.53 Å². The van der Waals surface area contributed by atoms with Gasteiger partial charge in [0.15, 0.2) is 0 Å². The number of benzene rings is 1. The summed E-state index contributed by atoms with van der Waals surface area (Å²) in [6, 6.07) is 7.32. The number of nitrogens with one attached hydrogen (secondary N) is 1. The van der Waals surface area contributed by atoms with Crippen LogP contribution in [0.3, 0.4) is 0 Å². The zero-order valence-electron chi connectivity index (χ0n) is 9.98. The number of carbonyl (C=O) groups excluding carboxylic acids is 1. The van der Waals surface area contributed by atoms with E-state index in [0.29, 0.717) is 25.4 Å². The van der Waals surface area contributed by atoms with Gasteiger partial charge >= 0.3 is 0 Å². The molecule has 0 saturated heterocycles. The van der Waals surface area contributed by atoms with E-state index in [-0.39, 0.29) is 5.91 Å². The van der Waals surface area contributed by atoms with Crippen molar-refractivity contribution in [2.45, 2.75) is 6.92 Å². The summed E-state index contributed by atoms with van der Waals surface area (Å²) < 4.78 is 5.11. The molecule has 4 heteroatoms. The third kappa shape index (κ3) is 5.73. The Bertz CT molecular complexity index is 372. The van der Waals surface area contributed by atoms with Gasteiger partial charge < -0.3 is 15.8 Å². The zero-order chi connectivity index (χ0) is 12.5. The maximum Gasteiger partial charge on any atom is 0.244 e. The van der Waals surface area contributed by atoms with Crippen LogP contribution in [0, 0.1) is 0 Å². The van der Waals surface area contributed by atoms with Crippen molar-refractivity contribution in [1.82, 2.24) is 5.32 Å². The van der Waals surface area contributed by atoms with Gasteiger partial charge in [0, 0.05) is 24.9 Å². The Hall–Kier alpha value is -1.81. The van der Waals surface area contributed by atoms with Crippen molar-refractivity contribution >= 4 is 17.7 Å². The molecule has 0 heterocycles. The number of carbonyl (C=O) groups is 1. The van der Waals surface area contributed by atoms with Crippen LogP contribution in [0.1, 0.15) is 12.5 Å². The number of hydrogen-bond donors (Lipinski definition) is 2. The predicted octanol–water partition coefficient (Wildman–Crippen LogP) is 1.43. The Morgan fingerprint density at radius 2 is 2.12 bits per heavy atom. The van der Waals surface area contributed by atoms with E-state index in [2.05, 4.69) is 5.32 Å². The van der Waals surface area contributed by atoms with Gasteiger partial charge in [-0.15, -0.1) is 0 Å². The minimum Gasteiger partial charge on any atom is -0.399 e. The monoisotopic (exact) mass is 234 g/mol. The van der Waals surface area contributed by atoms with Crippen LogP contribution >= 0.6 is 0 Å². The third-order valence-electron chi connectivity index (χ3n) is 2.11. The predicted molar refractivity (Wildman–Crippen MR) is 69.4 cm³/mol. The van der Waals surface area contributed by atoms with Crippen LogP contribution in [0.5, 0.6) is 0 Å². The first-order valence-corrected chi connectivity index (χ1v) is 5.61. The fraction of sp³-hybridized carbons (Fsp3) is 0.308. The molecule has 0 atom stereocenters. The molecule has 1 aromatic carbocycles. The molecular formula is C13H18N2O2. The van der Waals surface area contributed by atoms with E-state index in [1.54, 1.807) is 18.2 Å². The fourth-order valence-electron chi connectivity index (χ4n) is 1.23. The lowest BCUT2D eigenvalue weighted by molar-refractivity contribution is -0.116. The minimum absolute atomic E-state index is 0.124. The van der Waals surface area contributed by atoms with Crippen LogP contribution < -0.4 is 11.1 Å². The quantitative estimate of drug-likeness (QED) is 0.444. The standard InChI is InChI=1S/C13H18N2O2/c1-2-17-10-9-15-13(16)8-5-11-3-6-12(14)7-4-11/h3-8H,2,9-10,14H2,1H3,(H,15,16)/b8-5+. The van der Waals surface area contributed by atoms with Gasteiger partial charge in [-0.1, -0.05) is 12.1 Å². The van der Waals surface area contributed by atoms with Gasteiger partial charge in [-0.25, -0.2) is 0 Å². The van der Waals surface area contributed by atoms with Crippen molar-refractivity contribution in [3.63, 3.8) is 0 Å². The number of nitrogen functional groups attached to an aromatic ring is 1. The molecule has 0 aliphatic carbocycles. The summed E-state index contributed by atoms with van der Waals surface area (Å²) in [5.41, 5.74) is 7.21. The maximum absolute atomic E-state index is 11.4. The van der Waals surface area contributed by atoms with E-state index in [1.807, 2.05) is 19.1 Å². The van der Waals surface area contributed by atoms with Gasteiger partial charge in [-0.05, 0) is 30.7 Å². The van der Waals surface area contributed by atoms with Gasteiger partial charge in [0.2, 0.25) is 5.91 Å². The van der Waals surface area contributed by atoms with Gasteiger partial charge in [-0.2, -0.15) is 0 Å². The lowest BCUT2D eigenvalue weighted by atomic mass is 10.2. The average molecular weight is 234 g/mol. The molecule has 0 unspecified atom stereocenters. The lowest BCUT2D eigenvalue weighted by Crippen LogP contribution is -2.25. The minimum atomic E-state index is -0.124. The van der Waals surface area contributed by atoms with Crippen LogP contribution in [0.4, 0.5) is 5.69 Å². The van der Waals surface area contributed by atoms with Gasteiger partial charge in [-0.3, -0.25) is 4.79 Å². The summed E-state index contributed by atoms with van der Waals surface area (Å²) in [5, 5.41) is 2.72. The molecule has 0 saturated carbocycles. The summed E-state index contributed by atoms with van der Waals surface area (Å²) in [6.07, 6.45) is 3.24. The molecule has 0 aromatic heterocycles. The highest BCUT2D eigenvalue weighted by atomic mass is 16.5. The van der Waals surface area contributed by atoms with Crippen molar-refractivity contribution in [2.24, 2.45) is 0 Å². The Kier molecular flexibility index (Phi) is 5.82. The number of anilines is 1. The number of nitrogens with two attached hydrogens (primary N) is 1. The smallest absolute Gasteiger partial charge is 0.244 e. The Morgan fingerprint density at radius 1 is 1.41 bits per heavy atom. The Labute approximate surface area is 101 Å². The van der Waals surface area contributed by atoms with Crippen LogP contribution in [0.25, 0.3) is 6.08 Å². The second kappa shape index (κ2) is 7.46. The van der Waals surface area contributed by atoms with Gasteiger partial charge in [0.05, 0.1) is 6.61 Å². The summed E-state index contributed by atoms with van der Waals surface area (Å²) in [4.78, 5) is 11.4. The molecule has 0 bridgehead atoms. The van der Waals surface area contributed by atoms with Crippen molar-refractivity contribution in [3.8, 4) is 0 Å². The Balaban J connectivity index is 2.32. The van der Waals surface area contributed by atoms with E-state index in [0.717, 1.165) is 5.56 Å². The summed E-state index contributed by atoms with van der Waals surface area (Å²) in [7, 11) is 0. The molecule has 0 aliphatic heterocycles. The fourth-order valence-corrected chi connectivity index (χ4v) is 1.23. The van der Waals surface area contributed by atoms with E-state index in [9.17, 15) is 4.79 Å². The van der Waals surface area contributed by atoms with Gasteiger partial charge in [0.1, 0.15) is 0 Å². The molecular weight excluding hydrogens is 216 g/mol. The first-order chi connectivity index (χ1) is 8.22. The summed E-state index contributed by atoms with van der Waals surface area (Å²) in [5.74, 6) is -0.124. The van der Waals surface area contributed by atoms with Crippen molar-refractivity contribution < 1.29 is 9.53 Å². The second-order valence-corrected chi connectivity index (χ2v) is 3.49. The molecule has 3 N–H and O–H groups in total. The second-order valence-electron chi connectivity index (χ2n) is 3.49. The molecule has 0 radical (unpaired) electrons. The van der Waals surface area contributed by atoms with Crippen molar-refractivity contribution in [1.29, 1.82) is 0 Å². The van der Waals surface area contributed by atoms with Crippen molar-refractivity contribution in [2.75, 3.05) is 25.5 Å². The Morgan fingerprint density at radius 3 is 2.76 bits per heavy atom. The first-order valence-electron chi connectivity index (χ1n) is 5.61. The molecule has 0 spiro atoms. The maximum atomic E-state index is 11.4. The van der Waals surface area contributed by atoms with Crippen LogP contribution in [0.2, 0.25) is 0 Å². The number of amides is 1. The highest BCUT2D eigenvalue weighted by Crippen LogP contribution is 2.06. The molecule has 0 aliphatic rings. The van der Waals surface area contributed by atoms with Crippen LogP contribution in [0.15, 0.2) is 30.3 Å². The molecule has 0 fully saturated rings. The van der Waals surface area contributed by atoms with Crippen LogP contribution in [-0.4, -0.2) is 25.7 Å². The number of rotatable bonds is 6. The molecule has 92 valence electrons. The van der Waals surface area contributed by atoms with Crippen molar-refractivity contribution in [3.05, 3.63) is 35.9 Å². The average Bonchev–Trinajstić information content (AvgIpc) is 2.34. The van der Waals surface area contributed by atoms with E-state index >= 15 is 0 Å². The summed E-state index contributed by atoms with van der Waals surface area (Å²) in [6.45, 7) is 3.65. The van der Waals surface area contributed by atoms with E-state index < -0.39 is 0 Å². The lowest BCUT2D eigenvalue weighted by Gasteiger charge is -2.01. The summed E-state index contributed by atoms with van der Waals surface area (Å²) >= 11 is 0. The molecule has 1 amide bonds. The largest absolute Gasteiger partial charge is 0.399 e. The molecule has 17 heavy (non-hydrogen) atoms. The number of hydrogen-bond acceptors (Lipinski definition) is 3. The number of ether oxygens (including phenoxy) is 1. The van der Waals surface area contributed by atoms with Gasteiger partial charge in [0.25, 0.3) is 0 Å². The zero-order valence-corrected chi connectivity index (χ0v) is 9.98. The third-order valence-corrected chi connectivity index (χ3v) is 2.11. The molecule has 1 aromatic rings. The normalized spacial score (nSPS) is 10.6. The highest BCUT2D eigenvalue weighted by Gasteiger charge is 1.94. The molecule has 1 rings (SSSR count). The molecule has 4 nitrogen and oxygen atoms in total. The topological polar surface area (TPSA) is 64.3 Å². The highest BCUT2D eigenvalue weighted by molar-refractivity contribution is 5.91. The van der Waals surface area contributed by atoms with E-state index in [1.165, 1.54) is 6.08 Å².